The van der Waals surface area contributed by atoms with Crippen molar-refractivity contribution in [1.29, 1.82) is 0 Å². The van der Waals surface area contributed by atoms with E-state index in [4.69, 9.17) is 9.47 Å². The third-order valence-corrected chi connectivity index (χ3v) is 5.98. The lowest BCUT2D eigenvalue weighted by Crippen LogP contribution is -2.33. The minimum atomic E-state index is -0.153. The minimum Gasteiger partial charge on any atom is -0.493 e. The SMILES string of the molecule is COc1cc(I)c(C(=O)NCc2ccc(N3CCC(C)CC3)nc2)cc1OC. The number of hydrogen-bond acceptors (Lipinski definition) is 5. The molecule has 2 aromatic rings. The van der Waals surface area contributed by atoms with Gasteiger partial charge in [0.25, 0.3) is 5.91 Å². The van der Waals surface area contributed by atoms with Gasteiger partial charge in [0.15, 0.2) is 11.5 Å². The Balaban J connectivity index is 1.62. The molecule has 28 heavy (non-hydrogen) atoms. The van der Waals surface area contributed by atoms with E-state index < -0.39 is 0 Å². The second-order valence-corrected chi connectivity index (χ2v) is 8.23. The van der Waals surface area contributed by atoms with E-state index in [0.717, 1.165) is 34.0 Å². The summed E-state index contributed by atoms with van der Waals surface area (Å²) in [6.45, 7) is 4.84. The minimum absolute atomic E-state index is 0.153. The van der Waals surface area contributed by atoms with Crippen LogP contribution in [0.4, 0.5) is 5.82 Å². The lowest BCUT2D eigenvalue weighted by molar-refractivity contribution is 0.0949. The third kappa shape index (κ3) is 4.87. The number of anilines is 1. The number of nitrogens with zero attached hydrogens (tertiary/aromatic N) is 2. The van der Waals surface area contributed by atoms with Gasteiger partial charge in [0.05, 0.1) is 19.8 Å². The summed E-state index contributed by atoms with van der Waals surface area (Å²) >= 11 is 2.13. The van der Waals surface area contributed by atoms with Crippen LogP contribution in [-0.4, -0.2) is 38.2 Å². The second kappa shape index (κ2) is 9.45. The highest BCUT2D eigenvalue weighted by Gasteiger charge is 2.17. The number of methoxy groups -OCH3 is 2. The molecule has 0 bridgehead atoms. The van der Waals surface area contributed by atoms with Crippen LogP contribution in [0.1, 0.15) is 35.7 Å². The van der Waals surface area contributed by atoms with E-state index in [0.29, 0.717) is 23.6 Å². The predicted octanol–water partition coefficient (Wildman–Crippen LogP) is 3.87. The summed E-state index contributed by atoms with van der Waals surface area (Å²) in [6, 6.07) is 7.57. The zero-order valence-electron chi connectivity index (χ0n) is 16.5. The largest absolute Gasteiger partial charge is 0.493 e. The molecule has 6 nitrogen and oxygen atoms in total. The van der Waals surface area contributed by atoms with E-state index in [1.54, 1.807) is 26.4 Å². The maximum absolute atomic E-state index is 12.6. The van der Waals surface area contributed by atoms with Gasteiger partial charge in [-0.05, 0) is 65.1 Å². The van der Waals surface area contributed by atoms with E-state index in [1.807, 2.05) is 18.3 Å². The average Bonchev–Trinajstić information content (AvgIpc) is 2.72. The zero-order chi connectivity index (χ0) is 20.1. The number of amides is 1. The number of rotatable bonds is 6. The number of carbonyl (C=O) groups excluding carboxylic acids is 1. The molecule has 1 N–H and O–H groups in total. The highest BCUT2D eigenvalue weighted by Crippen LogP contribution is 2.31. The van der Waals surface area contributed by atoms with E-state index in [2.05, 4.69) is 44.7 Å². The Morgan fingerprint density at radius 3 is 2.50 bits per heavy atom. The fourth-order valence-corrected chi connectivity index (χ4v) is 3.94. The van der Waals surface area contributed by atoms with Crippen LogP contribution in [0, 0.1) is 9.49 Å². The molecule has 1 aliphatic heterocycles. The maximum atomic E-state index is 12.6. The Hall–Kier alpha value is -2.03. The van der Waals surface area contributed by atoms with Crippen molar-refractivity contribution >= 4 is 34.3 Å². The van der Waals surface area contributed by atoms with E-state index in [1.165, 1.54) is 12.8 Å². The molecule has 3 rings (SSSR count). The molecule has 1 aromatic carbocycles. The Labute approximate surface area is 179 Å². The van der Waals surface area contributed by atoms with Crippen molar-refractivity contribution in [2.45, 2.75) is 26.3 Å². The van der Waals surface area contributed by atoms with Gasteiger partial charge < -0.3 is 19.7 Å². The molecule has 1 fully saturated rings. The number of piperidine rings is 1. The summed E-state index contributed by atoms with van der Waals surface area (Å²) in [6.07, 6.45) is 4.26. The fourth-order valence-electron chi connectivity index (χ4n) is 3.25. The van der Waals surface area contributed by atoms with Crippen molar-refractivity contribution in [3.05, 3.63) is 45.2 Å². The Kier molecular flexibility index (Phi) is 6.98. The molecule has 2 heterocycles. The van der Waals surface area contributed by atoms with Gasteiger partial charge in [-0.1, -0.05) is 13.0 Å². The number of carbonyl (C=O) groups is 1. The van der Waals surface area contributed by atoms with E-state index in [-0.39, 0.29) is 5.91 Å². The lowest BCUT2D eigenvalue weighted by Gasteiger charge is -2.31. The number of benzene rings is 1. The predicted molar refractivity (Wildman–Crippen MR) is 118 cm³/mol. The van der Waals surface area contributed by atoms with Crippen molar-refractivity contribution in [3.8, 4) is 11.5 Å². The Morgan fingerprint density at radius 1 is 1.21 bits per heavy atom. The van der Waals surface area contributed by atoms with Crippen molar-refractivity contribution < 1.29 is 14.3 Å². The summed E-state index contributed by atoms with van der Waals surface area (Å²) in [5, 5.41) is 2.96. The summed E-state index contributed by atoms with van der Waals surface area (Å²) in [5.41, 5.74) is 1.53. The van der Waals surface area contributed by atoms with Crippen molar-refractivity contribution in [1.82, 2.24) is 10.3 Å². The van der Waals surface area contributed by atoms with Gasteiger partial charge in [-0.2, -0.15) is 0 Å². The van der Waals surface area contributed by atoms with E-state index >= 15 is 0 Å². The summed E-state index contributed by atoms with van der Waals surface area (Å²) < 4.78 is 11.4. The van der Waals surface area contributed by atoms with Crippen LogP contribution < -0.4 is 19.7 Å². The molecule has 0 unspecified atom stereocenters. The first-order chi connectivity index (χ1) is 13.5. The molecule has 1 aliphatic rings. The van der Waals surface area contributed by atoms with E-state index in [9.17, 15) is 4.79 Å². The summed E-state index contributed by atoms with van der Waals surface area (Å²) in [4.78, 5) is 19.5. The lowest BCUT2D eigenvalue weighted by atomic mass is 9.99. The van der Waals surface area contributed by atoms with Gasteiger partial charge in [0.1, 0.15) is 5.82 Å². The van der Waals surface area contributed by atoms with Gasteiger partial charge in [-0.15, -0.1) is 0 Å². The number of pyridine rings is 1. The smallest absolute Gasteiger partial charge is 0.252 e. The first-order valence-electron chi connectivity index (χ1n) is 9.41. The second-order valence-electron chi connectivity index (χ2n) is 7.06. The Bertz CT molecular complexity index is 818. The molecule has 1 aromatic heterocycles. The summed E-state index contributed by atoms with van der Waals surface area (Å²) in [7, 11) is 3.14. The van der Waals surface area contributed by atoms with Crippen LogP contribution >= 0.6 is 22.6 Å². The number of nitrogens with one attached hydrogen (secondary N) is 1. The molecule has 1 saturated heterocycles. The Morgan fingerprint density at radius 2 is 1.89 bits per heavy atom. The highest BCUT2D eigenvalue weighted by molar-refractivity contribution is 14.1. The van der Waals surface area contributed by atoms with Gasteiger partial charge in [0.2, 0.25) is 0 Å². The van der Waals surface area contributed by atoms with Crippen molar-refractivity contribution in [3.63, 3.8) is 0 Å². The van der Waals surface area contributed by atoms with Crippen LogP contribution in [0.2, 0.25) is 0 Å². The zero-order valence-corrected chi connectivity index (χ0v) is 18.7. The first-order valence-corrected chi connectivity index (χ1v) is 10.5. The molecule has 0 aliphatic carbocycles. The van der Waals surface area contributed by atoms with Crippen LogP contribution in [0.3, 0.4) is 0 Å². The number of aromatic nitrogens is 1. The monoisotopic (exact) mass is 495 g/mol. The molecule has 0 radical (unpaired) electrons. The van der Waals surface area contributed by atoms with Gasteiger partial charge in [-0.25, -0.2) is 4.98 Å². The average molecular weight is 495 g/mol. The molecule has 0 spiro atoms. The van der Waals surface area contributed by atoms with Crippen LogP contribution in [0.15, 0.2) is 30.5 Å². The fraction of sp³-hybridized carbons (Fsp3) is 0.429. The van der Waals surface area contributed by atoms with Crippen LogP contribution in [-0.2, 0) is 6.54 Å². The standard InChI is InChI=1S/C21H26IN3O3/c1-14-6-8-25(9-7-14)20-5-4-15(12-23-20)13-24-21(26)16-10-18(27-2)19(28-3)11-17(16)22/h4-5,10-12,14H,6-9,13H2,1-3H3,(H,24,26). The molecular weight excluding hydrogens is 469 g/mol. The highest BCUT2D eigenvalue weighted by atomic mass is 127. The molecule has 1 amide bonds. The quantitative estimate of drug-likeness (QED) is 0.617. The number of ether oxygens (including phenoxy) is 2. The van der Waals surface area contributed by atoms with Crippen molar-refractivity contribution in [2.75, 3.05) is 32.2 Å². The maximum Gasteiger partial charge on any atom is 0.252 e. The molecule has 0 atom stereocenters. The van der Waals surface area contributed by atoms with Crippen LogP contribution in [0.25, 0.3) is 0 Å². The molecular formula is C21H26IN3O3. The number of halogens is 1. The molecule has 0 saturated carbocycles. The third-order valence-electron chi connectivity index (χ3n) is 5.09. The van der Waals surface area contributed by atoms with Crippen LogP contribution in [0.5, 0.6) is 11.5 Å². The number of hydrogen-bond donors (Lipinski definition) is 1. The molecule has 150 valence electrons. The first kappa shape index (κ1) is 20.7. The molecule has 7 heteroatoms. The van der Waals surface area contributed by atoms with Gasteiger partial charge in [0, 0.05) is 29.4 Å². The topological polar surface area (TPSA) is 63.7 Å². The summed E-state index contributed by atoms with van der Waals surface area (Å²) in [5.74, 6) is 2.80. The van der Waals surface area contributed by atoms with Gasteiger partial charge in [-0.3, -0.25) is 4.79 Å². The van der Waals surface area contributed by atoms with Gasteiger partial charge >= 0.3 is 0 Å². The normalized spacial score (nSPS) is 14.6. The van der Waals surface area contributed by atoms with Crippen molar-refractivity contribution in [2.24, 2.45) is 5.92 Å².